The molecule has 1 radical (unpaired) electrons. The van der Waals surface area contributed by atoms with Gasteiger partial charge in [0.1, 0.15) is 0 Å². The van der Waals surface area contributed by atoms with E-state index in [2.05, 4.69) is 86.4 Å². The maximum Gasteiger partial charge on any atom is 0.0933 e. The minimum absolute atomic E-state index is 0. The van der Waals surface area contributed by atoms with Gasteiger partial charge in [0.15, 0.2) is 0 Å². The molecule has 0 atom stereocenters. The summed E-state index contributed by atoms with van der Waals surface area (Å²) in [5, 5.41) is 8.35. The molecular formula is C32H25IrN3S-2. The van der Waals surface area contributed by atoms with Gasteiger partial charge in [-0.25, -0.2) is 11.3 Å². The van der Waals surface area contributed by atoms with Crippen LogP contribution in [0, 0.1) is 12.1 Å². The Balaban J connectivity index is 0.000000155. The second kappa shape index (κ2) is 10.2. The van der Waals surface area contributed by atoms with E-state index in [4.69, 9.17) is 5.10 Å². The number of rotatable bonds is 1. The molecule has 0 spiro atoms. The predicted octanol–water partition coefficient (Wildman–Crippen LogP) is 8.50. The van der Waals surface area contributed by atoms with Crippen molar-refractivity contribution < 1.29 is 20.1 Å². The van der Waals surface area contributed by atoms with Crippen molar-refractivity contribution in [2.24, 2.45) is 0 Å². The summed E-state index contributed by atoms with van der Waals surface area (Å²) in [4.78, 5) is 5.43. The molecule has 37 heavy (non-hydrogen) atoms. The molecule has 0 aliphatic heterocycles. The van der Waals surface area contributed by atoms with Gasteiger partial charge >= 0.3 is 0 Å². The van der Waals surface area contributed by atoms with E-state index in [1.54, 1.807) is 11.3 Å². The Labute approximate surface area is 234 Å². The number of para-hydroxylation sites is 1. The average Bonchev–Trinajstić information content (AvgIpc) is 3.50. The molecular weight excluding hydrogens is 651 g/mol. The van der Waals surface area contributed by atoms with Crippen LogP contribution in [-0.4, -0.2) is 14.6 Å². The molecule has 3 nitrogen and oxygen atoms in total. The van der Waals surface area contributed by atoms with Crippen LogP contribution < -0.4 is 0 Å². The molecule has 7 aromatic rings. The third kappa shape index (κ3) is 4.83. The standard InChI is InChI=1S/C19H17N2.C13H8NS.Ir/c1-19(2,3)15-12-18-14-9-4-6-10-16(14)20-21(18)17-11-7-5-8-13(15)17;1-2-7-12-10(5-1)9-13(15-12)11-6-3-4-8-14-11;/h4-10,12H,1-3H3;1-8H;/q2*-1;. The molecule has 4 aromatic heterocycles. The van der Waals surface area contributed by atoms with Crippen LogP contribution in [0.4, 0.5) is 0 Å². The van der Waals surface area contributed by atoms with Crippen LogP contribution in [0.3, 0.4) is 0 Å². The first-order chi connectivity index (χ1) is 17.5. The summed E-state index contributed by atoms with van der Waals surface area (Å²) in [6.45, 7) is 6.76. The molecule has 0 N–H and O–H groups in total. The first kappa shape index (κ1) is 25.3. The Morgan fingerprint density at radius 3 is 2.38 bits per heavy atom. The molecule has 0 saturated heterocycles. The van der Waals surface area contributed by atoms with Gasteiger partial charge in [0.2, 0.25) is 0 Å². The first-order valence-corrected chi connectivity index (χ1v) is 12.8. The predicted molar refractivity (Wildman–Crippen MR) is 152 cm³/mol. The van der Waals surface area contributed by atoms with Gasteiger partial charge in [0, 0.05) is 37.4 Å². The van der Waals surface area contributed by atoms with E-state index < -0.39 is 0 Å². The molecule has 7 rings (SSSR count). The van der Waals surface area contributed by atoms with Crippen molar-refractivity contribution in [2.75, 3.05) is 0 Å². The van der Waals surface area contributed by atoms with Crippen LogP contribution in [0.25, 0.3) is 48.0 Å². The second-order valence-corrected chi connectivity index (χ2v) is 10.9. The quantitative estimate of drug-likeness (QED) is 0.164. The topological polar surface area (TPSA) is 30.2 Å². The molecule has 4 heterocycles. The molecule has 0 unspecified atom stereocenters. The summed E-state index contributed by atoms with van der Waals surface area (Å²) in [5.41, 5.74) is 5.66. The summed E-state index contributed by atoms with van der Waals surface area (Å²) in [6, 6.07) is 37.7. The van der Waals surface area contributed by atoms with E-state index in [0.717, 1.165) is 27.1 Å². The minimum Gasteiger partial charge on any atom is -0.303 e. The van der Waals surface area contributed by atoms with E-state index >= 15 is 0 Å². The zero-order chi connectivity index (χ0) is 24.7. The molecule has 5 heteroatoms. The maximum absolute atomic E-state index is 4.75. The van der Waals surface area contributed by atoms with Crippen LogP contribution >= 0.6 is 11.3 Å². The maximum atomic E-state index is 4.75. The number of hydrogen-bond acceptors (Lipinski definition) is 3. The zero-order valence-electron chi connectivity index (χ0n) is 20.8. The fourth-order valence-corrected chi connectivity index (χ4v) is 5.53. The summed E-state index contributed by atoms with van der Waals surface area (Å²) in [5.74, 6) is 0. The van der Waals surface area contributed by atoms with Gasteiger partial charge < -0.3 is 4.98 Å². The second-order valence-electron chi connectivity index (χ2n) is 9.82. The number of thiophene rings is 1. The van der Waals surface area contributed by atoms with Gasteiger partial charge in [-0.3, -0.25) is 4.52 Å². The minimum atomic E-state index is 0. The van der Waals surface area contributed by atoms with Crippen molar-refractivity contribution in [1.82, 2.24) is 14.6 Å². The van der Waals surface area contributed by atoms with Gasteiger partial charge in [-0.1, -0.05) is 68.8 Å². The normalized spacial score (nSPS) is 11.4. The Morgan fingerprint density at radius 2 is 1.59 bits per heavy atom. The molecule has 185 valence electrons. The van der Waals surface area contributed by atoms with Crippen molar-refractivity contribution >= 4 is 48.7 Å². The van der Waals surface area contributed by atoms with Crippen LogP contribution in [0.5, 0.6) is 0 Å². The molecule has 0 aliphatic carbocycles. The molecule has 3 aromatic carbocycles. The Bertz CT molecular complexity index is 1800. The van der Waals surface area contributed by atoms with Crippen molar-refractivity contribution in [3.05, 3.63) is 115 Å². The third-order valence-corrected chi connectivity index (χ3v) is 7.38. The van der Waals surface area contributed by atoms with Crippen LogP contribution in [0.2, 0.25) is 0 Å². The van der Waals surface area contributed by atoms with Crippen molar-refractivity contribution in [2.45, 2.75) is 26.2 Å². The molecule has 0 amide bonds. The Kier molecular flexibility index (Phi) is 6.96. The summed E-state index contributed by atoms with van der Waals surface area (Å²) < 4.78 is 3.29. The Hall–Kier alpha value is -3.37. The zero-order valence-corrected chi connectivity index (χ0v) is 24.0. The van der Waals surface area contributed by atoms with E-state index in [0.29, 0.717) is 0 Å². The van der Waals surface area contributed by atoms with Gasteiger partial charge in [-0.05, 0) is 38.7 Å². The van der Waals surface area contributed by atoms with Gasteiger partial charge in [0.25, 0.3) is 0 Å². The van der Waals surface area contributed by atoms with Crippen molar-refractivity contribution in [3.63, 3.8) is 0 Å². The van der Waals surface area contributed by atoms with Crippen molar-refractivity contribution in [1.29, 1.82) is 0 Å². The SMILES string of the molecule is CC(C)(C)c1cc2c3ccccc3nn2c2[c-]cccc12.[Ir].[c-]1c(-c2ccccn2)sc2ccccc12. The smallest absolute Gasteiger partial charge is 0.0933 e. The summed E-state index contributed by atoms with van der Waals surface area (Å²) in [6.07, 6.45) is 1.81. The first-order valence-electron chi connectivity index (χ1n) is 12.0. The number of fused-ring (bicyclic) bond motifs is 6. The molecule has 0 saturated carbocycles. The van der Waals surface area contributed by atoms with Crippen LogP contribution in [-0.2, 0) is 25.5 Å². The van der Waals surface area contributed by atoms with E-state index in [9.17, 15) is 0 Å². The number of pyridine rings is 2. The average molecular weight is 676 g/mol. The van der Waals surface area contributed by atoms with Gasteiger partial charge in [-0.2, -0.15) is 29.4 Å². The van der Waals surface area contributed by atoms with Crippen molar-refractivity contribution in [3.8, 4) is 10.6 Å². The third-order valence-electron chi connectivity index (χ3n) is 6.29. The van der Waals surface area contributed by atoms with E-state index in [-0.39, 0.29) is 25.5 Å². The van der Waals surface area contributed by atoms with Gasteiger partial charge in [-0.15, -0.1) is 29.0 Å². The van der Waals surface area contributed by atoms with E-state index in [1.165, 1.54) is 26.4 Å². The fraction of sp³-hybridized carbons (Fsp3) is 0.125. The number of hydrogen-bond donors (Lipinski definition) is 0. The fourth-order valence-electron chi connectivity index (χ4n) is 4.55. The molecule has 0 fully saturated rings. The number of nitrogens with zero attached hydrogens (tertiary/aromatic N) is 3. The summed E-state index contributed by atoms with van der Waals surface area (Å²) >= 11 is 1.73. The molecule has 0 aliphatic rings. The monoisotopic (exact) mass is 676 g/mol. The number of benzene rings is 3. The Morgan fingerprint density at radius 1 is 0.838 bits per heavy atom. The molecule has 0 bridgehead atoms. The van der Waals surface area contributed by atoms with Gasteiger partial charge in [0.05, 0.1) is 11.0 Å². The summed E-state index contributed by atoms with van der Waals surface area (Å²) in [7, 11) is 0. The van der Waals surface area contributed by atoms with E-state index in [1.807, 2.05) is 53.2 Å². The van der Waals surface area contributed by atoms with Crippen LogP contribution in [0.15, 0.2) is 97.2 Å². The largest absolute Gasteiger partial charge is 0.303 e. The van der Waals surface area contributed by atoms with Crippen LogP contribution in [0.1, 0.15) is 26.3 Å². The number of aromatic nitrogens is 3.